The Bertz CT molecular complexity index is 854. The molecular weight excluding hydrogens is 368 g/mol. The second-order valence-corrected chi connectivity index (χ2v) is 9.08. The van der Waals surface area contributed by atoms with Crippen molar-refractivity contribution < 1.29 is 14.4 Å². The first-order chi connectivity index (χ1) is 14.0. The number of nitrogens with one attached hydrogen (secondary N) is 3. The second kappa shape index (κ2) is 7.22. The van der Waals surface area contributed by atoms with Crippen molar-refractivity contribution >= 4 is 17.7 Å². The molecule has 0 aromatic heterocycles. The maximum absolute atomic E-state index is 12.9. The molecule has 29 heavy (non-hydrogen) atoms. The van der Waals surface area contributed by atoms with Gasteiger partial charge in [0.25, 0.3) is 5.91 Å². The number of benzene rings is 1. The van der Waals surface area contributed by atoms with Gasteiger partial charge in [0.2, 0.25) is 11.8 Å². The predicted octanol–water partition coefficient (Wildman–Crippen LogP) is 1.07. The molecule has 1 spiro atoms. The Morgan fingerprint density at radius 3 is 2.69 bits per heavy atom. The molecule has 3 amide bonds. The molecule has 0 bridgehead atoms. The Balaban J connectivity index is 1.24. The highest BCUT2D eigenvalue weighted by molar-refractivity contribution is 6.05. The van der Waals surface area contributed by atoms with Gasteiger partial charge in [-0.3, -0.25) is 19.7 Å². The van der Waals surface area contributed by atoms with E-state index in [2.05, 4.69) is 22.0 Å². The minimum Gasteiger partial charge on any atom is -0.322 e. The van der Waals surface area contributed by atoms with Crippen molar-refractivity contribution in [3.8, 4) is 0 Å². The molecule has 3 heterocycles. The number of imide groups is 1. The lowest BCUT2D eigenvalue weighted by atomic mass is 9.60. The van der Waals surface area contributed by atoms with Crippen LogP contribution in [-0.4, -0.2) is 47.8 Å². The summed E-state index contributed by atoms with van der Waals surface area (Å²) >= 11 is 0. The summed E-state index contributed by atoms with van der Waals surface area (Å²) < 4.78 is 0. The van der Waals surface area contributed by atoms with Crippen molar-refractivity contribution in [3.05, 3.63) is 34.9 Å². The van der Waals surface area contributed by atoms with Crippen LogP contribution in [-0.2, 0) is 22.7 Å². The number of amides is 3. The van der Waals surface area contributed by atoms with Crippen LogP contribution in [0.15, 0.2) is 18.2 Å². The largest absolute Gasteiger partial charge is 0.322 e. The van der Waals surface area contributed by atoms with Crippen LogP contribution >= 0.6 is 0 Å². The fraction of sp³-hybridized carbons (Fsp3) is 0.591. The molecule has 1 saturated carbocycles. The zero-order chi connectivity index (χ0) is 20.0. The molecule has 154 valence electrons. The van der Waals surface area contributed by atoms with Crippen LogP contribution in [0.3, 0.4) is 0 Å². The van der Waals surface area contributed by atoms with Crippen molar-refractivity contribution in [2.45, 2.75) is 63.7 Å². The summed E-state index contributed by atoms with van der Waals surface area (Å²) in [6.07, 6.45) is 5.72. The Labute approximate surface area is 170 Å². The quantitative estimate of drug-likeness (QED) is 0.663. The number of hydrogen-bond acceptors (Lipinski definition) is 5. The van der Waals surface area contributed by atoms with Gasteiger partial charge in [-0.15, -0.1) is 0 Å². The fourth-order valence-corrected chi connectivity index (χ4v) is 5.57. The standard InChI is InChI=1S/C22H28N4O3/c27-19-5-4-18(20(28)25-19)26-13-17-14(2-1-3-16(17)21(26)29)12-24-15-10-22(11-15)6-8-23-9-7-22/h1-3,15,18,23-24H,4-13H2,(H,25,27,28). The third-order valence-electron chi connectivity index (χ3n) is 7.28. The highest BCUT2D eigenvalue weighted by Gasteiger charge is 2.44. The first kappa shape index (κ1) is 18.8. The van der Waals surface area contributed by atoms with Crippen molar-refractivity contribution in [2.24, 2.45) is 5.41 Å². The van der Waals surface area contributed by atoms with Crippen LogP contribution in [0.5, 0.6) is 0 Å². The molecule has 5 rings (SSSR count). The third kappa shape index (κ3) is 3.36. The maximum Gasteiger partial charge on any atom is 0.255 e. The molecule has 3 aliphatic heterocycles. The number of fused-ring (bicyclic) bond motifs is 1. The van der Waals surface area contributed by atoms with Crippen LogP contribution in [0.2, 0.25) is 0 Å². The number of piperidine rings is 2. The van der Waals surface area contributed by atoms with Crippen LogP contribution in [0, 0.1) is 5.41 Å². The lowest BCUT2D eigenvalue weighted by Crippen LogP contribution is -2.53. The zero-order valence-corrected chi connectivity index (χ0v) is 16.6. The van der Waals surface area contributed by atoms with Gasteiger partial charge in [0.1, 0.15) is 6.04 Å². The van der Waals surface area contributed by atoms with Crippen LogP contribution in [0.1, 0.15) is 60.0 Å². The van der Waals surface area contributed by atoms with E-state index in [1.165, 1.54) is 25.7 Å². The van der Waals surface area contributed by atoms with Gasteiger partial charge in [-0.25, -0.2) is 0 Å². The highest BCUT2D eigenvalue weighted by atomic mass is 16.2. The van der Waals surface area contributed by atoms with E-state index < -0.39 is 6.04 Å². The molecule has 7 nitrogen and oxygen atoms in total. The average Bonchev–Trinajstić information content (AvgIpc) is 3.03. The minimum atomic E-state index is -0.556. The molecule has 1 atom stereocenters. The second-order valence-electron chi connectivity index (χ2n) is 9.08. The van der Waals surface area contributed by atoms with E-state index in [1.807, 2.05) is 12.1 Å². The van der Waals surface area contributed by atoms with E-state index in [-0.39, 0.29) is 24.1 Å². The molecule has 3 fully saturated rings. The van der Waals surface area contributed by atoms with E-state index in [4.69, 9.17) is 0 Å². The smallest absolute Gasteiger partial charge is 0.255 e. The Kier molecular flexibility index (Phi) is 4.67. The summed E-state index contributed by atoms with van der Waals surface area (Å²) in [5.74, 6) is -0.718. The number of carbonyl (C=O) groups is 3. The average molecular weight is 396 g/mol. The highest BCUT2D eigenvalue weighted by Crippen LogP contribution is 2.48. The van der Waals surface area contributed by atoms with E-state index in [1.54, 1.807) is 4.90 Å². The van der Waals surface area contributed by atoms with Gasteiger partial charge in [0, 0.05) is 31.1 Å². The molecule has 1 aromatic carbocycles. The molecule has 1 unspecified atom stereocenters. The number of nitrogens with zero attached hydrogens (tertiary/aromatic N) is 1. The fourth-order valence-electron chi connectivity index (χ4n) is 5.57. The Morgan fingerprint density at radius 2 is 1.93 bits per heavy atom. The first-order valence-corrected chi connectivity index (χ1v) is 10.7. The molecule has 2 saturated heterocycles. The molecule has 4 aliphatic rings. The number of hydrogen-bond donors (Lipinski definition) is 3. The molecule has 1 aromatic rings. The normalized spacial score (nSPS) is 26.4. The van der Waals surface area contributed by atoms with Crippen molar-refractivity contribution in [2.75, 3.05) is 13.1 Å². The molecule has 1 aliphatic carbocycles. The third-order valence-corrected chi connectivity index (χ3v) is 7.28. The predicted molar refractivity (Wildman–Crippen MR) is 107 cm³/mol. The van der Waals surface area contributed by atoms with Gasteiger partial charge in [-0.1, -0.05) is 12.1 Å². The van der Waals surface area contributed by atoms with E-state index in [0.29, 0.717) is 30.0 Å². The topological polar surface area (TPSA) is 90.5 Å². The lowest BCUT2D eigenvalue weighted by molar-refractivity contribution is -0.136. The lowest BCUT2D eigenvalue weighted by Gasteiger charge is -2.50. The summed E-state index contributed by atoms with van der Waals surface area (Å²) in [5.41, 5.74) is 3.39. The van der Waals surface area contributed by atoms with Crippen LogP contribution in [0.4, 0.5) is 0 Å². The van der Waals surface area contributed by atoms with Crippen LogP contribution < -0.4 is 16.0 Å². The number of rotatable bonds is 4. The SMILES string of the molecule is O=C1CCC(N2Cc3c(CNC4CC5(CCNCC5)C4)cccc3C2=O)C(=O)N1. The van der Waals surface area contributed by atoms with Gasteiger partial charge < -0.3 is 15.5 Å². The number of carbonyl (C=O) groups excluding carboxylic acids is 3. The van der Waals surface area contributed by atoms with Gasteiger partial charge >= 0.3 is 0 Å². The van der Waals surface area contributed by atoms with Gasteiger partial charge in [-0.2, -0.15) is 0 Å². The van der Waals surface area contributed by atoms with E-state index in [0.717, 1.165) is 30.8 Å². The monoisotopic (exact) mass is 396 g/mol. The zero-order valence-electron chi connectivity index (χ0n) is 16.6. The summed E-state index contributed by atoms with van der Waals surface area (Å²) in [7, 11) is 0. The summed E-state index contributed by atoms with van der Waals surface area (Å²) in [6, 6.07) is 5.84. The van der Waals surface area contributed by atoms with Crippen molar-refractivity contribution in [1.29, 1.82) is 0 Å². The van der Waals surface area contributed by atoms with E-state index >= 15 is 0 Å². The Morgan fingerprint density at radius 1 is 1.14 bits per heavy atom. The molecular formula is C22H28N4O3. The van der Waals surface area contributed by atoms with Crippen molar-refractivity contribution in [3.63, 3.8) is 0 Å². The van der Waals surface area contributed by atoms with Crippen LogP contribution in [0.25, 0.3) is 0 Å². The van der Waals surface area contributed by atoms with Gasteiger partial charge in [0.05, 0.1) is 0 Å². The van der Waals surface area contributed by atoms with Crippen molar-refractivity contribution in [1.82, 2.24) is 20.9 Å². The summed E-state index contributed by atoms with van der Waals surface area (Å²) in [4.78, 5) is 38.2. The summed E-state index contributed by atoms with van der Waals surface area (Å²) in [5, 5.41) is 9.50. The molecule has 3 N–H and O–H groups in total. The molecule has 7 heteroatoms. The van der Waals surface area contributed by atoms with E-state index in [9.17, 15) is 14.4 Å². The minimum absolute atomic E-state index is 0.103. The maximum atomic E-state index is 12.9. The molecule has 0 radical (unpaired) electrons. The van der Waals surface area contributed by atoms with Gasteiger partial charge in [0.15, 0.2) is 0 Å². The van der Waals surface area contributed by atoms with Gasteiger partial charge in [-0.05, 0) is 67.8 Å². The Hall–Kier alpha value is -2.25. The first-order valence-electron chi connectivity index (χ1n) is 10.7. The summed E-state index contributed by atoms with van der Waals surface area (Å²) in [6.45, 7) is 3.46.